The maximum atomic E-state index is 12.6. The number of amides is 2. The SMILES string of the molecule is C[C@H](NS(=O)(=O)c1ccc(F)cc1)C(=O)O.NC(=O)N1CCNCC1. The molecule has 1 aromatic rings. The Kier molecular flexibility index (Phi) is 7.74. The molecule has 0 bridgehead atoms. The topological polar surface area (TPSA) is 142 Å². The maximum Gasteiger partial charge on any atom is 0.321 e. The molecule has 0 aromatic heterocycles. The predicted molar refractivity (Wildman–Crippen MR) is 87.8 cm³/mol. The van der Waals surface area contributed by atoms with E-state index in [0.29, 0.717) is 0 Å². The highest BCUT2D eigenvalue weighted by Crippen LogP contribution is 2.10. The molecule has 1 saturated heterocycles. The fourth-order valence-corrected chi connectivity index (χ4v) is 3.05. The van der Waals surface area contributed by atoms with Gasteiger partial charge in [-0.1, -0.05) is 0 Å². The van der Waals surface area contributed by atoms with Crippen molar-refractivity contribution in [1.29, 1.82) is 0 Å². The van der Waals surface area contributed by atoms with Crippen LogP contribution in [-0.2, 0) is 14.8 Å². The standard InChI is InChI=1S/C9H10FNO4S.C5H11N3O/c1-6(9(12)13)11-16(14,15)8-4-2-7(10)3-5-8;6-5(9)8-3-1-7-2-4-8/h2-6,11H,1H3,(H,12,13);7H,1-4H2,(H2,6,9)/t6-;/m0./s1. The van der Waals surface area contributed by atoms with Crippen LogP contribution in [0.2, 0.25) is 0 Å². The lowest BCUT2D eigenvalue weighted by atomic mass is 10.4. The summed E-state index contributed by atoms with van der Waals surface area (Å²) < 4.78 is 37.6. The smallest absolute Gasteiger partial charge is 0.321 e. The van der Waals surface area contributed by atoms with Gasteiger partial charge in [0.2, 0.25) is 10.0 Å². The number of carboxylic acid groups (broad SMARTS) is 1. The van der Waals surface area contributed by atoms with Gasteiger partial charge in [-0.2, -0.15) is 4.72 Å². The highest BCUT2D eigenvalue weighted by molar-refractivity contribution is 7.89. The number of benzene rings is 1. The summed E-state index contributed by atoms with van der Waals surface area (Å²) in [5.41, 5.74) is 5.03. The number of carbonyl (C=O) groups excluding carboxylic acids is 1. The number of aliphatic carboxylic acids is 1. The van der Waals surface area contributed by atoms with Crippen LogP contribution in [0.1, 0.15) is 6.92 Å². The van der Waals surface area contributed by atoms with Gasteiger partial charge in [0.05, 0.1) is 4.90 Å². The van der Waals surface area contributed by atoms with E-state index in [0.717, 1.165) is 50.4 Å². The fourth-order valence-electron chi connectivity index (χ4n) is 1.85. The van der Waals surface area contributed by atoms with Crippen molar-refractivity contribution in [2.24, 2.45) is 5.73 Å². The minimum Gasteiger partial charge on any atom is -0.480 e. The van der Waals surface area contributed by atoms with Gasteiger partial charge >= 0.3 is 12.0 Å². The predicted octanol–water partition coefficient (Wildman–Crippen LogP) is -0.453. The molecule has 25 heavy (non-hydrogen) atoms. The Morgan fingerprint density at radius 1 is 1.28 bits per heavy atom. The third-order valence-electron chi connectivity index (χ3n) is 3.25. The maximum absolute atomic E-state index is 12.6. The molecule has 5 N–H and O–H groups in total. The summed E-state index contributed by atoms with van der Waals surface area (Å²) >= 11 is 0. The molecule has 1 atom stereocenters. The summed E-state index contributed by atoms with van der Waals surface area (Å²) in [5, 5.41) is 11.7. The molecule has 1 aliphatic rings. The van der Waals surface area contributed by atoms with Crippen LogP contribution in [0.15, 0.2) is 29.2 Å². The summed E-state index contributed by atoms with van der Waals surface area (Å²) in [4.78, 5) is 22.4. The number of carbonyl (C=O) groups is 2. The van der Waals surface area contributed by atoms with Crippen molar-refractivity contribution in [2.75, 3.05) is 26.2 Å². The molecule has 11 heteroatoms. The highest BCUT2D eigenvalue weighted by Gasteiger charge is 2.21. The second-order valence-electron chi connectivity index (χ2n) is 5.21. The average Bonchev–Trinajstić information content (AvgIpc) is 2.56. The van der Waals surface area contributed by atoms with Crippen LogP contribution in [-0.4, -0.2) is 62.6 Å². The second-order valence-corrected chi connectivity index (χ2v) is 6.92. The van der Waals surface area contributed by atoms with E-state index < -0.39 is 27.9 Å². The third-order valence-corrected chi connectivity index (χ3v) is 4.81. The number of carboxylic acids is 1. The zero-order chi connectivity index (χ0) is 19.0. The van der Waals surface area contributed by atoms with E-state index in [1.54, 1.807) is 4.90 Å². The summed E-state index contributed by atoms with van der Waals surface area (Å²) in [6.07, 6.45) is 0. The number of nitrogens with two attached hydrogens (primary N) is 1. The summed E-state index contributed by atoms with van der Waals surface area (Å²) in [5.74, 6) is -1.85. The number of halogens is 1. The molecule has 0 unspecified atom stereocenters. The monoisotopic (exact) mass is 376 g/mol. The molecule has 1 aliphatic heterocycles. The summed E-state index contributed by atoms with van der Waals surface area (Å²) in [6.45, 7) is 4.42. The zero-order valence-electron chi connectivity index (χ0n) is 13.6. The van der Waals surface area contributed by atoms with Crippen LogP contribution in [0.25, 0.3) is 0 Å². The van der Waals surface area contributed by atoms with Crippen LogP contribution >= 0.6 is 0 Å². The van der Waals surface area contributed by atoms with Gasteiger partial charge in [0.25, 0.3) is 0 Å². The Bertz CT molecular complexity index is 690. The van der Waals surface area contributed by atoms with Crippen LogP contribution < -0.4 is 15.8 Å². The number of nitrogens with zero attached hydrogens (tertiary/aromatic N) is 1. The molecule has 2 rings (SSSR count). The van der Waals surface area contributed by atoms with Gasteiger partial charge < -0.3 is 21.1 Å². The van der Waals surface area contributed by atoms with Crippen molar-refractivity contribution in [1.82, 2.24) is 14.9 Å². The molecule has 1 fully saturated rings. The number of urea groups is 1. The van der Waals surface area contributed by atoms with E-state index >= 15 is 0 Å². The number of nitrogens with one attached hydrogen (secondary N) is 2. The minimum atomic E-state index is -3.92. The molecule has 2 amide bonds. The zero-order valence-corrected chi connectivity index (χ0v) is 14.4. The number of primary amides is 1. The highest BCUT2D eigenvalue weighted by atomic mass is 32.2. The Morgan fingerprint density at radius 2 is 1.80 bits per heavy atom. The van der Waals surface area contributed by atoms with Gasteiger partial charge in [0.15, 0.2) is 0 Å². The van der Waals surface area contributed by atoms with Crippen molar-refractivity contribution in [3.63, 3.8) is 0 Å². The molecule has 140 valence electrons. The lowest BCUT2D eigenvalue weighted by Crippen LogP contribution is -2.48. The van der Waals surface area contributed by atoms with Crippen molar-refractivity contribution >= 4 is 22.0 Å². The van der Waals surface area contributed by atoms with Crippen LogP contribution in [0.4, 0.5) is 9.18 Å². The Balaban J connectivity index is 0.000000293. The van der Waals surface area contributed by atoms with Crippen LogP contribution in [0.3, 0.4) is 0 Å². The van der Waals surface area contributed by atoms with Gasteiger partial charge in [-0.25, -0.2) is 17.6 Å². The second kappa shape index (κ2) is 9.30. The van der Waals surface area contributed by atoms with Crippen molar-refractivity contribution in [3.8, 4) is 0 Å². The lowest BCUT2D eigenvalue weighted by molar-refractivity contribution is -0.138. The van der Waals surface area contributed by atoms with Gasteiger partial charge in [0, 0.05) is 26.2 Å². The van der Waals surface area contributed by atoms with E-state index in [9.17, 15) is 22.4 Å². The Hall–Kier alpha value is -2.24. The molecule has 1 aromatic carbocycles. The van der Waals surface area contributed by atoms with E-state index in [1.165, 1.54) is 6.92 Å². The molecule has 0 saturated carbocycles. The van der Waals surface area contributed by atoms with E-state index in [2.05, 4.69) is 5.32 Å². The fraction of sp³-hybridized carbons (Fsp3) is 0.429. The number of rotatable bonds is 4. The first-order valence-electron chi connectivity index (χ1n) is 7.39. The summed E-state index contributed by atoms with van der Waals surface area (Å²) in [6, 6.07) is 2.55. The van der Waals surface area contributed by atoms with Gasteiger partial charge in [-0.05, 0) is 31.2 Å². The van der Waals surface area contributed by atoms with Gasteiger partial charge in [0.1, 0.15) is 11.9 Å². The minimum absolute atomic E-state index is 0.179. The van der Waals surface area contributed by atoms with E-state index in [-0.39, 0.29) is 10.9 Å². The first-order chi connectivity index (χ1) is 11.6. The van der Waals surface area contributed by atoms with Gasteiger partial charge in [-0.3, -0.25) is 4.79 Å². The van der Waals surface area contributed by atoms with Crippen molar-refractivity contribution in [3.05, 3.63) is 30.1 Å². The van der Waals surface area contributed by atoms with E-state index in [4.69, 9.17) is 10.8 Å². The van der Waals surface area contributed by atoms with Crippen molar-refractivity contribution in [2.45, 2.75) is 17.9 Å². The number of hydrogen-bond acceptors (Lipinski definition) is 5. The normalized spacial score (nSPS) is 15.7. The van der Waals surface area contributed by atoms with Gasteiger partial charge in [-0.15, -0.1) is 0 Å². The molecule has 9 nitrogen and oxygen atoms in total. The van der Waals surface area contributed by atoms with E-state index in [1.807, 2.05) is 4.72 Å². The molecule has 1 heterocycles. The number of hydrogen-bond donors (Lipinski definition) is 4. The summed E-state index contributed by atoms with van der Waals surface area (Å²) in [7, 11) is -3.92. The first kappa shape index (κ1) is 20.8. The van der Waals surface area contributed by atoms with Crippen molar-refractivity contribution < 1.29 is 27.5 Å². The Labute approximate surface area is 145 Å². The largest absolute Gasteiger partial charge is 0.480 e. The molecular formula is C14H21FN4O5S. The lowest BCUT2D eigenvalue weighted by Gasteiger charge is -2.25. The number of piperazine rings is 1. The molecular weight excluding hydrogens is 355 g/mol. The average molecular weight is 376 g/mol. The van der Waals surface area contributed by atoms with Crippen LogP contribution in [0, 0.1) is 5.82 Å². The molecule has 0 aliphatic carbocycles. The Morgan fingerprint density at radius 3 is 2.20 bits per heavy atom. The third kappa shape index (κ3) is 7.03. The quantitative estimate of drug-likeness (QED) is 0.561. The molecule has 0 spiro atoms. The van der Waals surface area contributed by atoms with Crippen LogP contribution in [0.5, 0.6) is 0 Å². The molecule has 0 radical (unpaired) electrons. The first-order valence-corrected chi connectivity index (χ1v) is 8.87. The number of sulfonamides is 1.